The second-order valence-corrected chi connectivity index (χ2v) is 4.25. The summed E-state index contributed by atoms with van der Waals surface area (Å²) in [6.07, 6.45) is 0. The van der Waals surface area contributed by atoms with Crippen LogP contribution in [0.1, 0.15) is 36.1 Å². The van der Waals surface area contributed by atoms with Crippen LogP contribution in [-0.2, 0) is 0 Å². The summed E-state index contributed by atoms with van der Waals surface area (Å²) in [5.41, 5.74) is 1.26. The number of hydrogen-bond donors (Lipinski definition) is 1. The summed E-state index contributed by atoms with van der Waals surface area (Å²) in [7, 11) is 1.53. The third-order valence-electron chi connectivity index (χ3n) is 2.68. The standard InChI is InChI=1S/C13H14N2O3/c1-7(2)10-8-5-4-6-9(18-3)11(8)15-12(14-10)13(16)17/h4-7H,1-3H3,(H,16,17). The van der Waals surface area contributed by atoms with Crippen molar-refractivity contribution >= 4 is 16.9 Å². The van der Waals surface area contributed by atoms with E-state index < -0.39 is 5.97 Å². The molecule has 0 radical (unpaired) electrons. The molecule has 0 bridgehead atoms. The number of fused-ring (bicyclic) bond motifs is 1. The minimum atomic E-state index is -1.13. The fraction of sp³-hybridized carbons (Fsp3) is 0.308. The fourth-order valence-electron chi connectivity index (χ4n) is 1.85. The van der Waals surface area contributed by atoms with Crippen molar-refractivity contribution in [3.63, 3.8) is 0 Å². The smallest absolute Gasteiger partial charge is 0.373 e. The molecule has 1 N–H and O–H groups in total. The molecule has 0 aliphatic rings. The average Bonchev–Trinajstić information content (AvgIpc) is 2.36. The van der Waals surface area contributed by atoms with Crippen LogP contribution in [0.2, 0.25) is 0 Å². The zero-order valence-electron chi connectivity index (χ0n) is 10.5. The Labute approximate surface area is 104 Å². The molecule has 0 atom stereocenters. The van der Waals surface area contributed by atoms with Crippen molar-refractivity contribution in [2.24, 2.45) is 0 Å². The average molecular weight is 246 g/mol. The predicted molar refractivity (Wildman–Crippen MR) is 67.1 cm³/mol. The van der Waals surface area contributed by atoms with E-state index in [4.69, 9.17) is 9.84 Å². The van der Waals surface area contributed by atoms with E-state index in [1.807, 2.05) is 26.0 Å². The lowest BCUT2D eigenvalue weighted by atomic mass is 10.0. The number of aromatic nitrogens is 2. The molecular formula is C13H14N2O3. The van der Waals surface area contributed by atoms with Crippen LogP contribution in [-0.4, -0.2) is 28.2 Å². The first-order chi connectivity index (χ1) is 8.54. The zero-order chi connectivity index (χ0) is 13.3. The summed E-state index contributed by atoms with van der Waals surface area (Å²) >= 11 is 0. The number of aromatic carboxylic acids is 1. The summed E-state index contributed by atoms with van der Waals surface area (Å²) in [4.78, 5) is 19.2. The first-order valence-electron chi connectivity index (χ1n) is 5.62. The molecule has 0 saturated carbocycles. The van der Waals surface area contributed by atoms with E-state index in [0.29, 0.717) is 11.3 Å². The van der Waals surface area contributed by atoms with Gasteiger partial charge in [-0.2, -0.15) is 0 Å². The molecule has 1 aromatic heterocycles. The van der Waals surface area contributed by atoms with Crippen LogP contribution in [0.15, 0.2) is 18.2 Å². The third kappa shape index (κ3) is 1.99. The Morgan fingerprint density at radius 2 is 2.06 bits per heavy atom. The van der Waals surface area contributed by atoms with Crippen LogP contribution in [0.25, 0.3) is 10.9 Å². The van der Waals surface area contributed by atoms with E-state index in [2.05, 4.69) is 9.97 Å². The summed E-state index contributed by atoms with van der Waals surface area (Å²) in [6, 6.07) is 5.47. The van der Waals surface area contributed by atoms with E-state index >= 15 is 0 Å². The molecule has 5 heteroatoms. The van der Waals surface area contributed by atoms with E-state index in [-0.39, 0.29) is 11.7 Å². The zero-order valence-corrected chi connectivity index (χ0v) is 10.5. The molecule has 0 fully saturated rings. The van der Waals surface area contributed by atoms with Crippen molar-refractivity contribution in [3.05, 3.63) is 29.7 Å². The van der Waals surface area contributed by atoms with Gasteiger partial charge in [0, 0.05) is 5.39 Å². The van der Waals surface area contributed by atoms with E-state index in [0.717, 1.165) is 11.1 Å². The van der Waals surface area contributed by atoms with Crippen LogP contribution >= 0.6 is 0 Å². The van der Waals surface area contributed by atoms with Gasteiger partial charge in [-0.05, 0) is 12.0 Å². The van der Waals surface area contributed by atoms with Crippen molar-refractivity contribution in [3.8, 4) is 5.75 Å². The molecule has 18 heavy (non-hydrogen) atoms. The minimum absolute atomic E-state index is 0.112. The predicted octanol–water partition coefficient (Wildman–Crippen LogP) is 2.46. The topological polar surface area (TPSA) is 72.3 Å². The first-order valence-corrected chi connectivity index (χ1v) is 5.62. The normalized spacial score (nSPS) is 10.9. The number of carboxylic acid groups (broad SMARTS) is 1. The summed E-state index contributed by atoms with van der Waals surface area (Å²) in [5, 5.41) is 9.88. The molecular weight excluding hydrogens is 232 g/mol. The molecule has 0 aliphatic heterocycles. The van der Waals surface area contributed by atoms with Crippen LogP contribution in [0.3, 0.4) is 0 Å². The molecule has 94 valence electrons. The molecule has 0 unspecified atom stereocenters. The van der Waals surface area contributed by atoms with Gasteiger partial charge in [-0.3, -0.25) is 0 Å². The van der Waals surface area contributed by atoms with E-state index in [1.54, 1.807) is 6.07 Å². The van der Waals surface area contributed by atoms with Gasteiger partial charge in [0.05, 0.1) is 12.8 Å². The molecule has 1 aromatic carbocycles. The monoisotopic (exact) mass is 246 g/mol. The van der Waals surface area contributed by atoms with E-state index in [1.165, 1.54) is 7.11 Å². The Morgan fingerprint density at radius 1 is 1.33 bits per heavy atom. The van der Waals surface area contributed by atoms with Gasteiger partial charge in [-0.15, -0.1) is 0 Å². The number of benzene rings is 1. The number of ether oxygens (including phenoxy) is 1. The molecule has 1 heterocycles. The summed E-state index contributed by atoms with van der Waals surface area (Å²) < 4.78 is 5.21. The van der Waals surface area contributed by atoms with Gasteiger partial charge >= 0.3 is 5.97 Å². The Bertz CT molecular complexity index is 608. The largest absolute Gasteiger partial charge is 0.494 e. The highest BCUT2D eigenvalue weighted by Gasteiger charge is 2.16. The third-order valence-corrected chi connectivity index (χ3v) is 2.68. The maximum absolute atomic E-state index is 11.1. The van der Waals surface area contributed by atoms with Crippen molar-refractivity contribution in [1.82, 2.24) is 9.97 Å². The summed E-state index contributed by atoms with van der Waals surface area (Å²) in [6.45, 7) is 3.93. The number of carbonyl (C=O) groups is 1. The quantitative estimate of drug-likeness (QED) is 0.900. The summed E-state index contributed by atoms with van der Waals surface area (Å²) in [5.74, 6) is -0.666. The Hall–Kier alpha value is -2.17. The van der Waals surface area contributed by atoms with Gasteiger partial charge in [0.2, 0.25) is 5.82 Å². The highest BCUT2D eigenvalue weighted by Crippen LogP contribution is 2.28. The van der Waals surface area contributed by atoms with Gasteiger partial charge in [0.15, 0.2) is 0 Å². The number of nitrogens with zero attached hydrogens (tertiary/aromatic N) is 2. The number of carboxylic acids is 1. The lowest BCUT2D eigenvalue weighted by Crippen LogP contribution is -2.08. The van der Waals surface area contributed by atoms with Gasteiger partial charge in [-0.25, -0.2) is 14.8 Å². The highest BCUT2D eigenvalue weighted by atomic mass is 16.5. The van der Waals surface area contributed by atoms with E-state index in [9.17, 15) is 4.79 Å². The molecule has 0 aliphatic carbocycles. The second kappa shape index (κ2) is 4.60. The van der Waals surface area contributed by atoms with Gasteiger partial charge in [-0.1, -0.05) is 26.0 Å². The Kier molecular flexibility index (Phi) is 3.14. The number of para-hydroxylation sites is 1. The molecule has 0 spiro atoms. The molecule has 0 amide bonds. The van der Waals surface area contributed by atoms with Crippen LogP contribution in [0, 0.1) is 0 Å². The second-order valence-electron chi connectivity index (χ2n) is 4.25. The maximum Gasteiger partial charge on any atom is 0.373 e. The Morgan fingerprint density at radius 3 is 2.61 bits per heavy atom. The molecule has 2 aromatic rings. The van der Waals surface area contributed by atoms with Crippen molar-refractivity contribution in [2.45, 2.75) is 19.8 Å². The van der Waals surface area contributed by atoms with Crippen LogP contribution in [0.4, 0.5) is 0 Å². The van der Waals surface area contributed by atoms with Gasteiger partial charge in [0.1, 0.15) is 11.3 Å². The molecule has 0 saturated heterocycles. The van der Waals surface area contributed by atoms with Gasteiger partial charge in [0.25, 0.3) is 0 Å². The molecule has 2 rings (SSSR count). The fourth-order valence-corrected chi connectivity index (χ4v) is 1.85. The lowest BCUT2D eigenvalue weighted by molar-refractivity contribution is 0.0683. The van der Waals surface area contributed by atoms with Crippen LogP contribution in [0.5, 0.6) is 5.75 Å². The lowest BCUT2D eigenvalue weighted by Gasteiger charge is -2.11. The van der Waals surface area contributed by atoms with Crippen molar-refractivity contribution in [1.29, 1.82) is 0 Å². The SMILES string of the molecule is COc1cccc2c(C(C)C)nc(C(=O)O)nc12. The minimum Gasteiger partial charge on any atom is -0.494 e. The Balaban J connectivity index is 2.85. The number of rotatable bonds is 3. The van der Waals surface area contributed by atoms with Crippen molar-refractivity contribution in [2.75, 3.05) is 7.11 Å². The maximum atomic E-state index is 11.1. The number of hydrogen-bond acceptors (Lipinski definition) is 4. The molecule has 5 nitrogen and oxygen atoms in total. The first kappa shape index (κ1) is 12.3. The number of methoxy groups -OCH3 is 1. The van der Waals surface area contributed by atoms with Crippen LogP contribution < -0.4 is 4.74 Å². The van der Waals surface area contributed by atoms with Gasteiger partial charge < -0.3 is 9.84 Å². The van der Waals surface area contributed by atoms with Crippen molar-refractivity contribution < 1.29 is 14.6 Å². The highest BCUT2D eigenvalue weighted by molar-refractivity contribution is 5.91.